The van der Waals surface area contributed by atoms with E-state index in [0.29, 0.717) is 5.56 Å². The van der Waals surface area contributed by atoms with E-state index in [-0.39, 0.29) is 11.3 Å². The monoisotopic (exact) mass is 307 g/mol. The summed E-state index contributed by atoms with van der Waals surface area (Å²) in [7, 11) is 1.68. The second-order valence-electron chi connectivity index (χ2n) is 6.46. The predicted octanol–water partition coefficient (Wildman–Crippen LogP) is 3.84. The highest BCUT2D eigenvalue weighted by Crippen LogP contribution is 2.35. The van der Waals surface area contributed by atoms with E-state index in [4.69, 9.17) is 4.74 Å². The van der Waals surface area contributed by atoms with Crippen LogP contribution in [0.5, 0.6) is 5.75 Å². The van der Waals surface area contributed by atoms with Crippen molar-refractivity contribution in [1.29, 1.82) is 0 Å². The Hall–Kier alpha value is -2.55. The molecule has 0 radical (unpaired) electrons. The average molecular weight is 307 g/mol. The van der Waals surface area contributed by atoms with Crippen LogP contribution >= 0.6 is 0 Å². The number of fused-ring (bicyclic) bond motifs is 1. The smallest absolute Gasteiger partial charge is 0.187 e. The number of ketones is 1. The maximum Gasteiger partial charge on any atom is 0.187 e. The van der Waals surface area contributed by atoms with Gasteiger partial charge in [-0.05, 0) is 26.3 Å². The van der Waals surface area contributed by atoms with E-state index >= 15 is 0 Å². The first-order valence-corrected chi connectivity index (χ1v) is 7.76. The fraction of sp³-hybridized carbons (Fsp3) is 0.250. The van der Waals surface area contributed by atoms with Gasteiger partial charge in [0, 0.05) is 34.0 Å². The number of ether oxygens (including phenoxy) is 1. The van der Waals surface area contributed by atoms with Crippen LogP contribution in [0.15, 0.2) is 54.6 Å². The Bertz CT molecular complexity index is 760. The molecule has 3 nitrogen and oxygen atoms in total. The number of hydrogen-bond acceptors (Lipinski definition) is 3. The number of rotatable bonds is 3. The Balaban J connectivity index is 2.07. The summed E-state index contributed by atoms with van der Waals surface area (Å²) in [5.41, 5.74) is 3.59. The lowest BCUT2D eigenvalue weighted by Crippen LogP contribution is -2.44. The maximum absolute atomic E-state index is 12.5. The Morgan fingerprint density at radius 2 is 1.87 bits per heavy atom. The molecule has 0 atom stereocenters. The highest BCUT2D eigenvalue weighted by molar-refractivity contribution is 6.08. The van der Waals surface area contributed by atoms with E-state index in [0.717, 1.165) is 29.0 Å². The number of benzene rings is 2. The Morgan fingerprint density at radius 3 is 2.57 bits per heavy atom. The van der Waals surface area contributed by atoms with Gasteiger partial charge >= 0.3 is 0 Å². The lowest BCUT2D eigenvalue weighted by atomic mass is 9.85. The van der Waals surface area contributed by atoms with E-state index in [2.05, 4.69) is 19.2 Å². The molecule has 3 heteroatoms. The third-order valence-corrected chi connectivity index (χ3v) is 4.07. The molecule has 0 fully saturated rings. The van der Waals surface area contributed by atoms with E-state index < -0.39 is 0 Å². The number of carbonyl (C=O) groups is 1. The van der Waals surface area contributed by atoms with E-state index in [1.807, 2.05) is 48.5 Å². The third kappa shape index (κ3) is 3.14. The zero-order valence-corrected chi connectivity index (χ0v) is 13.7. The van der Waals surface area contributed by atoms with Crippen molar-refractivity contribution in [3.05, 3.63) is 71.3 Å². The largest absolute Gasteiger partial charge is 0.496 e. The van der Waals surface area contributed by atoms with Crippen LogP contribution in [0.1, 0.15) is 35.3 Å². The van der Waals surface area contributed by atoms with Gasteiger partial charge in [-0.15, -0.1) is 0 Å². The van der Waals surface area contributed by atoms with Gasteiger partial charge in [0.1, 0.15) is 5.75 Å². The fourth-order valence-electron chi connectivity index (χ4n) is 3.04. The van der Waals surface area contributed by atoms with Crippen molar-refractivity contribution in [2.45, 2.75) is 25.8 Å². The normalized spacial score (nSPS) is 17.3. The number of allylic oxidation sites excluding steroid dienone is 1. The minimum Gasteiger partial charge on any atom is -0.496 e. The second-order valence-corrected chi connectivity index (χ2v) is 6.46. The van der Waals surface area contributed by atoms with Gasteiger partial charge in [-0.25, -0.2) is 0 Å². The van der Waals surface area contributed by atoms with E-state index in [1.165, 1.54) is 0 Å². The molecule has 118 valence electrons. The topological polar surface area (TPSA) is 38.3 Å². The van der Waals surface area contributed by atoms with Gasteiger partial charge in [0.2, 0.25) is 0 Å². The minimum atomic E-state index is -0.134. The van der Waals surface area contributed by atoms with E-state index in [9.17, 15) is 4.79 Å². The Morgan fingerprint density at radius 1 is 1.13 bits per heavy atom. The van der Waals surface area contributed by atoms with Crippen molar-refractivity contribution < 1.29 is 9.53 Å². The molecule has 2 aromatic rings. The second kappa shape index (κ2) is 5.92. The summed E-state index contributed by atoms with van der Waals surface area (Å²) in [5.74, 6) is 0.870. The number of hydrogen-bond donors (Lipinski definition) is 1. The average Bonchev–Trinajstić information content (AvgIpc) is 2.54. The van der Waals surface area contributed by atoms with Crippen molar-refractivity contribution in [3.8, 4) is 5.75 Å². The molecule has 0 bridgehead atoms. The molecule has 0 saturated heterocycles. The van der Waals surface area contributed by atoms with Crippen LogP contribution in [-0.4, -0.2) is 18.4 Å². The molecule has 1 aliphatic heterocycles. The van der Waals surface area contributed by atoms with Crippen LogP contribution in [0.2, 0.25) is 0 Å². The number of nitrogens with one attached hydrogen (secondary N) is 1. The first kappa shape index (κ1) is 15.3. The molecule has 1 N–H and O–H groups in total. The summed E-state index contributed by atoms with van der Waals surface area (Å²) in [4.78, 5) is 12.5. The predicted molar refractivity (Wildman–Crippen MR) is 92.7 cm³/mol. The molecule has 0 aromatic heterocycles. The molecule has 0 unspecified atom stereocenters. The summed E-state index contributed by atoms with van der Waals surface area (Å²) in [6.45, 7) is 4.26. The molecular weight excluding hydrogens is 286 g/mol. The maximum atomic E-state index is 12.5. The van der Waals surface area contributed by atoms with Gasteiger partial charge in [0.25, 0.3) is 0 Å². The van der Waals surface area contributed by atoms with Crippen LogP contribution in [-0.2, 0) is 6.42 Å². The van der Waals surface area contributed by atoms with Gasteiger partial charge in [0.15, 0.2) is 5.78 Å². The number of carbonyl (C=O) groups excluding carboxylic acids is 1. The quantitative estimate of drug-likeness (QED) is 0.691. The van der Waals surface area contributed by atoms with Crippen LogP contribution in [0.25, 0.3) is 5.70 Å². The molecule has 0 spiro atoms. The van der Waals surface area contributed by atoms with Gasteiger partial charge < -0.3 is 10.1 Å². The number of methoxy groups -OCH3 is 1. The third-order valence-electron chi connectivity index (χ3n) is 4.07. The lowest BCUT2D eigenvalue weighted by molar-refractivity contribution is 0.104. The summed E-state index contributed by atoms with van der Waals surface area (Å²) in [6.07, 6.45) is 2.54. The molecular formula is C20H21NO2. The fourth-order valence-corrected chi connectivity index (χ4v) is 3.04. The minimum absolute atomic E-state index is 0.000398. The molecule has 0 saturated carbocycles. The van der Waals surface area contributed by atoms with Gasteiger partial charge in [-0.1, -0.05) is 42.5 Å². The molecule has 3 rings (SSSR count). The molecule has 2 aromatic carbocycles. The zero-order chi connectivity index (χ0) is 16.4. The summed E-state index contributed by atoms with van der Waals surface area (Å²) in [6, 6.07) is 15.3. The standard InChI is InChI=1S/C20H21NO2/c1-20(2)13-16-15(10-7-11-19(16)23-3)17(21-20)12-18(22)14-8-5-4-6-9-14/h4-12,21H,13H2,1-3H3/b17-12-. The van der Waals surface area contributed by atoms with Gasteiger partial charge in [-0.3, -0.25) is 4.79 Å². The van der Waals surface area contributed by atoms with Gasteiger partial charge in [0.05, 0.1) is 7.11 Å². The summed E-state index contributed by atoms with van der Waals surface area (Å²) < 4.78 is 5.50. The first-order valence-electron chi connectivity index (χ1n) is 7.76. The Labute approximate surface area is 137 Å². The van der Waals surface area contributed by atoms with Crippen molar-refractivity contribution in [1.82, 2.24) is 5.32 Å². The lowest BCUT2D eigenvalue weighted by Gasteiger charge is -2.36. The molecule has 1 aliphatic rings. The SMILES string of the molecule is COc1cccc2c1CC(C)(C)N/C2=C\C(=O)c1ccccc1. The van der Waals surface area contributed by atoms with Crippen LogP contribution in [0, 0.1) is 0 Å². The van der Waals surface area contributed by atoms with Crippen LogP contribution in [0.3, 0.4) is 0 Å². The summed E-state index contributed by atoms with van der Waals surface area (Å²) >= 11 is 0. The van der Waals surface area contributed by atoms with Crippen LogP contribution in [0.4, 0.5) is 0 Å². The zero-order valence-electron chi connectivity index (χ0n) is 13.7. The highest BCUT2D eigenvalue weighted by Gasteiger charge is 2.30. The Kier molecular flexibility index (Phi) is 3.95. The molecule has 1 heterocycles. The van der Waals surface area contributed by atoms with Crippen molar-refractivity contribution in [2.75, 3.05) is 7.11 Å². The summed E-state index contributed by atoms with van der Waals surface area (Å²) in [5, 5.41) is 3.49. The molecule has 0 aliphatic carbocycles. The highest BCUT2D eigenvalue weighted by atomic mass is 16.5. The van der Waals surface area contributed by atoms with Crippen molar-refractivity contribution >= 4 is 11.5 Å². The first-order chi connectivity index (χ1) is 11.0. The van der Waals surface area contributed by atoms with Crippen LogP contribution < -0.4 is 10.1 Å². The molecule has 0 amide bonds. The van der Waals surface area contributed by atoms with Gasteiger partial charge in [-0.2, -0.15) is 0 Å². The van der Waals surface area contributed by atoms with Crippen molar-refractivity contribution in [3.63, 3.8) is 0 Å². The molecule has 23 heavy (non-hydrogen) atoms. The van der Waals surface area contributed by atoms with E-state index in [1.54, 1.807) is 13.2 Å². The van der Waals surface area contributed by atoms with Crippen molar-refractivity contribution in [2.24, 2.45) is 0 Å².